The average Bonchev–Trinajstić information content (AvgIpc) is 2.95. The summed E-state index contributed by atoms with van der Waals surface area (Å²) in [4.78, 5) is 0. The number of ether oxygens (including phenoxy) is 1. The Bertz CT molecular complexity index is 412. The van der Waals surface area contributed by atoms with E-state index in [1.807, 2.05) is 6.92 Å². The Kier molecular flexibility index (Phi) is 2.81. The topological polar surface area (TPSA) is 35.2 Å². The Labute approximate surface area is 97.6 Å². The highest BCUT2D eigenvalue weighted by molar-refractivity contribution is 5.37. The van der Waals surface area contributed by atoms with E-state index in [-0.39, 0.29) is 11.2 Å². The quantitative estimate of drug-likeness (QED) is 0.885. The van der Waals surface area contributed by atoms with Gasteiger partial charge in [0.15, 0.2) is 0 Å². The van der Waals surface area contributed by atoms with Crippen molar-refractivity contribution >= 4 is 0 Å². The fraction of sp³-hybridized carbons (Fsp3) is 0.500. The molecule has 2 nitrogen and oxygen atoms in total. The van der Waals surface area contributed by atoms with Crippen molar-refractivity contribution in [2.75, 3.05) is 0 Å². The summed E-state index contributed by atoms with van der Waals surface area (Å²) >= 11 is 0. The van der Waals surface area contributed by atoms with Crippen molar-refractivity contribution in [3.8, 4) is 5.75 Å². The van der Waals surface area contributed by atoms with Crippen LogP contribution in [0.4, 0.5) is 13.2 Å². The summed E-state index contributed by atoms with van der Waals surface area (Å²) in [7, 11) is 0. The van der Waals surface area contributed by atoms with E-state index in [9.17, 15) is 13.2 Å². The Morgan fingerprint density at radius 2 is 1.88 bits per heavy atom. The number of nitrogens with two attached hydrogens (primary N) is 1. The standard InChI is InChI=1S/C12H14F3NO/c1-11(6-7-11)10(16)8-4-2-3-5-9(8)17-12(13,14)15/h2-5,10H,6-7,16H2,1H3. The van der Waals surface area contributed by atoms with Gasteiger partial charge in [-0.15, -0.1) is 13.2 Å². The van der Waals surface area contributed by atoms with E-state index in [0.717, 1.165) is 12.8 Å². The largest absolute Gasteiger partial charge is 0.573 e. The van der Waals surface area contributed by atoms with Gasteiger partial charge in [-0.1, -0.05) is 25.1 Å². The lowest BCUT2D eigenvalue weighted by Gasteiger charge is -2.22. The van der Waals surface area contributed by atoms with Crippen LogP contribution in [0.2, 0.25) is 0 Å². The number of rotatable bonds is 3. The van der Waals surface area contributed by atoms with Crippen LogP contribution in [0, 0.1) is 5.41 Å². The van der Waals surface area contributed by atoms with E-state index in [2.05, 4.69) is 4.74 Å². The van der Waals surface area contributed by atoms with E-state index in [4.69, 9.17) is 5.73 Å². The Balaban J connectivity index is 2.27. The summed E-state index contributed by atoms with van der Waals surface area (Å²) in [6.45, 7) is 1.97. The lowest BCUT2D eigenvalue weighted by Crippen LogP contribution is -2.24. The molecule has 1 aromatic rings. The molecule has 0 radical (unpaired) electrons. The minimum absolute atomic E-state index is 0.0922. The molecular weight excluding hydrogens is 231 g/mol. The Hall–Kier alpha value is -1.23. The molecule has 2 rings (SSSR count). The lowest BCUT2D eigenvalue weighted by atomic mass is 9.92. The van der Waals surface area contributed by atoms with Gasteiger partial charge in [-0.3, -0.25) is 0 Å². The second-order valence-electron chi connectivity index (χ2n) is 4.72. The zero-order valence-electron chi connectivity index (χ0n) is 9.42. The molecule has 0 aliphatic heterocycles. The van der Waals surface area contributed by atoms with E-state index in [1.165, 1.54) is 12.1 Å². The highest BCUT2D eigenvalue weighted by Crippen LogP contribution is 2.54. The van der Waals surface area contributed by atoms with Gasteiger partial charge in [0.05, 0.1) is 0 Å². The monoisotopic (exact) mass is 245 g/mol. The van der Waals surface area contributed by atoms with Gasteiger partial charge in [-0.05, 0) is 24.3 Å². The molecule has 17 heavy (non-hydrogen) atoms. The Morgan fingerprint density at radius 1 is 1.29 bits per heavy atom. The zero-order valence-corrected chi connectivity index (χ0v) is 9.42. The molecule has 1 saturated carbocycles. The van der Waals surface area contributed by atoms with Crippen molar-refractivity contribution in [3.63, 3.8) is 0 Å². The van der Waals surface area contributed by atoms with Gasteiger partial charge in [0.2, 0.25) is 0 Å². The summed E-state index contributed by atoms with van der Waals surface area (Å²) in [6.07, 6.45) is -2.80. The predicted octanol–water partition coefficient (Wildman–Crippen LogP) is 3.39. The summed E-state index contributed by atoms with van der Waals surface area (Å²) in [5.74, 6) is -0.194. The minimum Gasteiger partial charge on any atom is -0.405 e. The number of hydrogen-bond acceptors (Lipinski definition) is 2. The normalized spacial score (nSPS) is 19.8. The first-order chi connectivity index (χ1) is 7.82. The first-order valence-electron chi connectivity index (χ1n) is 5.42. The van der Waals surface area contributed by atoms with E-state index in [1.54, 1.807) is 12.1 Å². The third-order valence-electron chi connectivity index (χ3n) is 3.27. The van der Waals surface area contributed by atoms with E-state index in [0.29, 0.717) is 5.56 Å². The summed E-state index contributed by atoms with van der Waals surface area (Å²) in [6, 6.07) is 5.65. The number of hydrogen-bond donors (Lipinski definition) is 1. The number of alkyl halides is 3. The third kappa shape index (κ3) is 2.72. The van der Waals surface area contributed by atoms with Gasteiger partial charge in [-0.25, -0.2) is 0 Å². The van der Waals surface area contributed by atoms with Crippen LogP contribution in [0.3, 0.4) is 0 Å². The fourth-order valence-corrected chi connectivity index (χ4v) is 1.84. The van der Waals surface area contributed by atoms with Crippen LogP contribution in [0.1, 0.15) is 31.4 Å². The number of halogens is 3. The second-order valence-corrected chi connectivity index (χ2v) is 4.72. The summed E-state index contributed by atoms with van der Waals surface area (Å²) < 4.78 is 40.7. The molecule has 0 bridgehead atoms. The van der Waals surface area contributed by atoms with E-state index >= 15 is 0 Å². The lowest BCUT2D eigenvalue weighted by molar-refractivity contribution is -0.275. The maximum absolute atomic E-state index is 12.2. The van der Waals surface area contributed by atoms with Gasteiger partial charge < -0.3 is 10.5 Å². The molecule has 1 aromatic carbocycles. The van der Waals surface area contributed by atoms with Crippen LogP contribution in [-0.2, 0) is 0 Å². The van der Waals surface area contributed by atoms with Crippen molar-refractivity contribution in [2.24, 2.45) is 11.1 Å². The molecule has 94 valence electrons. The molecule has 1 atom stereocenters. The maximum atomic E-state index is 12.2. The van der Waals surface area contributed by atoms with E-state index < -0.39 is 12.4 Å². The summed E-state index contributed by atoms with van der Waals surface area (Å²) in [5.41, 5.74) is 6.34. The molecule has 5 heteroatoms. The molecule has 0 amide bonds. The van der Waals surface area contributed by atoms with Crippen molar-refractivity contribution in [2.45, 2.75) is 32.2 Å². The van der Waals surface area contributed by atoms with Gasteiger partial charge in [0, 0.05) is 11.6 Å². The molecule has 0 saturated heterocycles. The van der Waals surface area contributed by atoms with Crippen LogP contribution in [0.15, 0.2) is 24.3 Å². The van der Waals surface area contributed by atoms with Crippen LogP contribution in [-0.4, -0.2) is 6.36 Å². The smallest absolute Gasteiger partial charge is 0.405 e. The number of benzene rings is 1. The van der Waals surface area contributed by atoms with Crippen LogP contribution >= 0.6 is 0 Å². The maximum Gasteiger partial charge on any atom is 0.573 e. The molecule has 1 aliphatic carbocycles. The van der Waals surface area contributed by atoms with Gasteiger partial charge in [-0.2, -0.15) is 0 Å². The minimum atomic E-state index is -4.68. The van der Waals surface area contributed by atoms with Gasteiger partial charge in [0.25, 0.3) is 0 Å². The van der Waals surface area contributed by atoms with Gasteiger partial charge >= 0.3 is 6.36 Å². The number of para-hydroxylation sites is 1. The SMILES string of the molecule is CC1(C(N)c2ccccc2OC(F)(F)F)CC1. The highest BCUT2D eigenvalue weighted by atomic mass is 19.4. The molecule has 1 unspecified atom stereocenters. The first-order valence-corrected chi connectivity index (χ1v) is 5.42. The molecule has 2 N–H and O–H groups in total. The van der Waals surface area contributed by atoms with Crippen LogP contribution in [0.5, 0.6) is 5.75 Å². The first kappa shape index (κ1) is 12.2. The van der Waals surface area contributed by atoms with Crippen molar-refractivity contribution in [1.29, 1.82) is 0 Å². The second kappa shape index (κ2) is 3.91. The van der Waals surface area contributed by atoms with Gasteiger partial charge in [0.1, 0.15) is 5.75 Å². The fourth-order valence-electron chi connectivity index (χ4n) is 1.84. The van der Waals surface area contributed by atoms with Crippen molar-refractivity contribution in [3.05, 3.63) is 29.8 Å². The Morgan fingerprint density at radius 3 is 2.41 bits per heavy atom. The molecular formula is C12H14F3NO. The zero-order chi connectivity index (χ0) is 12.7. The molecule has 1 aliphatic rings. The molecule has 0 spiro atoms. The molecule has 0 aromatic heterocycles. The van der Waals surface area contributed by atoms with Crippen molar-refractivity contribution < 1.29 is 17.9 Å². The summed E-state index contributed by atoms with van der Waals surface area (Å²) in [5, 5.41) is 0. The van der Waals surface area contributed by atoms with Crippen LogP contribution < -0.4 is 10.5 Å². The predicted molar refractivity (Wildman–Crippen MR) is 57.4 cm³/mol. The van der Waals surface area contributed by atoms with Crippen LogP contribution in [0.25, 0.3) is 0 Å². The third-order valence-corrected chi connectivity index (χ3v) is 3.27. The highest BCUT2D eigenvalue weighted by Gasteiger charge is 2.45. The van der Waals surface area contributed by atoms with Crippen molar-refractivity contribution in [1.82, 2.24) is 0 Å². The molecule has 1 fully saturated rings. The molecule has 0 heterocycles. The average molecular weight is 245 g/mol.